The van der Waals surface area contributed by atoms with Gasteiger partial charge in [-0.2, -0.15) is 0 Å². The number of rotatable bonds is 1. The highest BCUT2D eigenvalue weighted by atomic mass is 15.2. The minimum absolute atomic E-state index is 0.112. The SMILES string of the molecule is N[C@@H]1C[C@H](N)CN(c2ccc3c(c2)C2(c4ccccc4-c4ccccc42)c2ccccc2-3)C1. The van der Waals surface area contributed by atoms with E-state index in [1.54, 1.807) is 0 Å². The molecule has 2 aliphatic carbocycles. The molecule has 4 N–H and O–H groups in total. The molecule has 1 aliphatic heterocycles. The van der Waals surface area contributed by atoms with E-state index in [2.05, 4.69) is 95.9 Å². The number of hydrogen-bond acceptors (Lipinski definition) is 3. The number of nitrogens with two attached hydrogens (primary N) is 2. The average Bonchev–Trinajstić information content (AvgIpc) is 3.31. The van der Waals surface area contributed by atoms with Crippen LogP contribution in [0.5, 0.6) is 0 Å². The molecule has 2 atom stereocenters. The molecule has 4 aromatic carbocycles. The Labute approximate surface area is 194 Å². The Bertz CT molecular complexity index is 1330. The number of fused-ring (bicyclic) bond motifs is 10. The summed E-state index contributed by atoms with van der Waals surface area (Å²) >= 11 is 0. The summed E-state index contributed by atoms with van der Waals surface area (Å²) < 4.78 is 0. The van der Waals surface area contributed by atoms with Crippen LogP contribution in [0.1, 0.15) is 28.7 Å². The lowest BCUT2D eigenvalue weighted by Gasteiger charge is -2.37. The maximum atomic E-state index is 6.36. The summed E-state index contributed by atoms with van der Waals surface area (Å²) in [6.07, 6.45) is 0.886. The maximum Gasteiger partial charge on any atom is 0.0726 e. The standard InChI is InChI=1S/C30H27N3/c31-19-15-20(32)18-33(17-19)21-13-14-25-24-9-3-6-12-28(24)30(29(25)16-21)26-10-4-1-7-22(26)23-8-2-5-11-27(23)30/h1-14,16,19-20H,15,17-18,31-32H2/t19-,20+. The molecule has 3 heteroatoms. The van der Waals surface area contributed by atoms with E-state index in [1.165, 1.54) is 50.2 Å². The smallest absolute Gasteiger partial charge is 0.0726 e. The highest BCUT2D eigenvalue weighted by molar-refractivity contribution is 5.95. The largest absolute Gasteiger partial charge is 0.368 e. The van der Waals surface area contributed by atoms with Crippen molar-refractivity contribution in [3.63, 3.8) is 0 Å². The van der Waals surface area contributed by atoms with Crippen molar-refractivity contribution < 1.29 is 0 Å². The Kier molecular flexibility index (Phi) is 3.94. The third-order valence-electron chi connectivity index (χ3n) is 7.86. The van der Waals surface area contributed by atoms with Gasteiger partial charge in [0.1, 0.15) is 0 Å². The fraction of sp³-hybridized carbons (Fsp3) is 0.200. The monoisotopic (exact) mass is 429 g/mol. The van der Waals surface area contributed by atoms with E-state index in [-0.39, 0.29) is 17.5 Å². The van der Waals surface area contributed by atoms with E-state index in [0.717, 1.165) is 19.5 Å². The second-order valence-corrected chi connectivity index (χ2v) is 9.78. The van der Waals surface area contributed by atoms with Gasteiger partial charge in [0.2, 0.25) is 0 Å². The van der Waals surface area contributed by atoms with Crippen LogP contribution in [0.3, 0.4) is 0 Å². The van der Waals surface area contributed by atoms with Crippen molar-refractivity contribution in [1.82, 2.24) is 0 Å². The highest BCUT2D eigenvalue weighted by Crippen LogP contribution is 2.62. The molecule has 33 heavy (non-hydrogen) atoms. The average molecular weight is 430 g/mol. The van der Waals surface area contributed by atoms with Crippen LogP contribution in [-0.4, -0.2) is 25.2 Å². The van der Waals surface area contributed by atoms with Crippen molar-refractivity contribution in [2.45, 2.75) is 23.9 Å². The van der Waals surface area contributed by atoms with Gasteiger partial charge in [0.25, 0.3) is 0 Å². The zero-order valence-corrected chi connectivity index (χ0v) is 18.5. The van der Waals surface area contributed by atoms with E-state index >= 15 is 0 Å². The molecule has 0 bridgehead atoms. The van der Waals surface area contributed by atoms with Crippen molar-refractivity contribution in [2.75, 3.05) is 18.0 Å². The molecule has 0 aromatic heterocycles. The lowest BCUT2D eigenvalue weighted by molar-refractivity contribution is 0.452. The van der Waals surface area contributed by atoms with Gasteiger partial charge in [-0.3, -0.25) is 0 Å². The second-order valence-electron chi connectivity index (χ2n) is 9.78. The van der Waals surface area contributed by atoms with Crippen molar-refractivity contribution >= 4 is 5.69 Å². The van der Waals surface area contributed by atoms with Gasteiger partial charge < -0.3 is 16.4 Å². The van der Waals surface area contributed by atoms with Gasteiger partial charge in [-0.15, -0.1) is 0 Å². The van der Waals surface area contributed by atoms with Crippen molar-refractivity contribution in [3.05, 3.63) is 113 Å². The van der Waals surface area contributed by atoms with Gasteiger partial charge in [0.15, 0.2) is 0 Å². The van der Waals surface area contributed by atoms with Gasteiger partial charge in [-0.25, -0.2) is 0 Å². The van der Waals surface area contributed by atoms with E-state index in [0.29, 0.717) is 0 Å². The highest BCUT2D eigenvalue weighted by Gasteiger charge is 2.51. The van der Waals surface area contributed by atoms with Crippen molar-refractivity contribution in [2.24, 2.45) is 11.5 Å². The normalized spacial score (nSPS) is 21.5. The molecule has 1 spiro atoms. The summed E-state index contributed by atoms with van der Waals surface area (Å²) in [6, 6.07) is 34.0. The van der Waals surface area contributed by atoms with Crippen LogP contribution in [0.4, 0.5) is 5.69 Å². The van der Waals surface area contributed by atoms with E-state index < -0.39 is 0 Å². The topological polar surface area (TPSA) is 55.3 Å². The molecule has 0 radical (unpaired) electrons. The molecule has 3 nitrogen and oxygen atoms in total. The van der Waals surface area contributed by atoms with Gasteiger partial charge in [0, 0.05) is 30.9 Å². The Balaban J connectivity index is 1.54. The molecule has 162 valence electrons. The molecule has 4 aromatic rings. The first kappa shape index (κ1) is 19.1. The number of nitrogens with zero attached hydrogens (tertiary/aromatic N) is 1. The second kappa shape index (κ2) is 6.80. The molecule has 1 saturated heterocycles. The van der Waals surface area contributed by atoms with Crippen LogP contribution in [0.25, 0.3) is 22.3 Å². The zero-order valence-electron chi connectivity index (χ0n) is 18.5. The van der Waals surface area contributed by atoms with Gasteiger partial charge in [-0.05, 0) is 63.1 Å². The quantitative estimate of drug-likeness (QED) is 0.391. The molecule has 0 saturated carbocycles. The molecule has 1 fully saturated rings. The summed E-state index contributed by atoms with van der Waals surface area (Å²) in [5.41, 5.74) is 24.5. The number of anilines is 1. The Morgan fingerprint density at radius 2 is 1.03 bits per heavy atom. The lowest BCUT2D eigenvalue weighted by atomic mass is 9.70. The van der Waals surface area contributed by atoms with Crippen molar-refractivity contribution in [1.29, 1.82) is 0 Å². The number of benzene rings is 4. The summed E-state index contributed by atoms with van der Waals surface area (Å²) in [5, 5.41) is 0. The first-order chi connectivity index (χ1) is 16.2. The van der Waals surface area contributed by atoms with Crippen LogP contribution in [-0.2, 0) is 5.41 Å². The minimum atomic E-state index is -0.296. The molecule has 1 heterocycles. The van der Waals surface area contributed by atoms with Crippen molar-refractivity contribution in [3.8, 4) is 22.3 Å². The lowest BCUT2D eigenvalue weighted by Crippen LogP contribution is -2.52. The third kappa shape index (κ3) is 2.47. The van der Waals surface area contributed by atoms with E-state index in [1.807, 2.05) is 0 Å². The predicted molar refractivity (Wildman–Crippen MR) is 136 cm³/mol. The van der Waals surface area contributed by atoms with Crippen LogP contribution < -0.4 is 16.4 Å². The number of piperidine rings is 1. The maximum absolute atomic E-state index is 6.36. The molecule has 0 unspecified atom stereocenters. The molecule has 7 rings (SSSR count). The zero-order chi connectivity index (χ0) is 22.2. The minimum Gasteiger partial charge on any atom is -0.368 e. The predicted octanol–water partition coefficient (Wildman–Crippen LogP) is 4.89. The van der Waals surface area contributed by atoms with E-state index in [4.69, 9.17) is 11.5 Å². The summed E-state index contributed by atoms with van der Waals surface area (Å²) in [5.74, 6) is 0. The molecule has 3 aliphatic rings. The van der Waals surface area contributed by atoms with E-state index in [9.17, 15) is 0 Å². The Morgan fingerprint density at radius 1 is 0.576 bits per heavy atom. The third-order valence-corrected chi connectivity index (χ3v) is 7.86. The van der Waals surface area contributed by atoms with Crippen LogP contribution in [0.2, 0.25) is 0 Å². The Hall–Kier alpha value is -3.40. The fourth-order valence-electron chi connectivity index (χ4n) is 6.67. The van der Waals surface area contributed by atoms with Gasteiger partial charge in [0.05, 0.1) is 5.41 Å². The molecular weight excluding hydrogens is 402 g/mol. The van der Waals surface area contributed by atoms with Gasteiger partial charge >= 0.3 is 0 Å². The van der Waals surface area contributed by atoms with Crippen LogP contribution >= 0.6 is 0 Å². The first-order valence-corrected chi connectivity index (χ1v) is 11.9. The van der Waals surface area contributed by atoms with Crippen LogP contribution in [0.15, 0.2) is 91.0 Å². The fourth-order valence-corrected chi connectivity index (χ4v) is 6.67. The molecular formula is C30H27N3. The molecule has 0 amide bonds. The first-order valence-electron chi connectivity index (χ1n) is 11.9. The number of hydrogen-bond donors (Lipinski definition) is 2. The summed E-state index contributed by atoms with van der Waals surface area (Å²) in [7, 11) is 0. The summed E-state index contributed by atoms with van der Waals surface area (Å²) in [6.45, 7) is 1.69. The summed E-state index contributed by atoms with van der Waals surface area (Å²) in [4.78, 5) is 2.38. The van der Waals surface area contributed by atoms with Gasteiger partial charge in [-0.1, -0.05) is 78.9 Å². The van der Waals surface area contributed by atoms with Crippen LogP contribution in [0, 0.1) is 0 Å². The Morgan fingerprint density at radius 3 is 1.55 bits per heavy atom.